The number of carboxylic acids is 2. The molecule has 0 aliphatic heterocycles. The van der Waals surface area contributed by atoms with Crippen molar-refractivity contribution in [3.63, 3.8) is 0 Å². The third-order valence-corrected chi connectivity index (χ3v) is 4.72. The number of nitrogens with one attached hydrogen (secondary N) is 1. The van der Waals surface area contributed by atoms with Crippen LogP contribution in [0.5, 0.6) is 0 Å². The molecule has 0 fully saturated rings. The van der Waals surface area contributed by atoms with E-state index in [1.54, 1.807) is 18.3 Å². The maximum atomic E-state index is 12.4. The molecule has 1 atom stereocenters. The molecule has 0 bridgehead atoms. The van der Waals surface area contributed by atoms with Crippen molar-refractivity contribution in [3.05, 3.63) is 41.7 Å². The quantitative estimate of drug-likeness (QED) is 0.234. The van der Waals surface area contributed by atoms with Gasteiger partial charge in [-0.25, -0.2) is 14.8 Å². The summed E-state index contributed by atoms with van der Waals surface area (Å²) in [5.41, 5.74) is 13.7. The standard InChI is InChI=1S/C20H22N8O5.Ca.2H/c1-28(9-11-8-23-17-15(24-11)16(21)26-20(22)27-17)12-4-2-10(3-5-12)18(31)25-13(19(32)33)6-7-14(29)30;;;/h2-5,8,13H,6-7,9H2,1H3,(H,25,31)(H,29,30)(H,32,33)(H4,21,22,23,26,27);;;. The molecule has 176 valence electrons. The van der Waals surface area contributed by atoms with E-state index >= 15 is 0 Å². The number of rotatable bonds is 9. The fourth-order valence-corrected chi connectivity index (χ4v) is 3.03. The van der Waals surface area contributed by atoms with E-state index < -0.39 is 23.9 Å². The van der Waals surface area contributed by atoms with Crippen molar-refractivity contribution < 1.29 is 24.6 Å². The van der Waals surface area contributed by atoms with Crippen molar-refractivity contribution in [1.29, 1.82) is 0 Å². The Morgan fingerprint density at radius 1 is 1.09 bits per heavy atom. The summed E-state index contributed by atoms with van der Waals surface area (Å²) in [5, 5.41) is 20.2. The molecule has 3 rings (SSSR count). The zero-order valence-corrected chi connectivity index (χ0v) is 17.6. The first-order valence-electron chi connectivity index (χ1n) is 9.75. The van der Waals surface area contributed by atoms with E-state index in [4.69, 9.17) is 16.6 Å². The van der Waals surface area contributed by atoms with Crippen LogP contribution in [0.3, 0.4) is 0 Å². The summed E-state index contributed by atoms with van der Waals surface area (Å²) in [5.74, 6) is -2.91. The van der Waals surface area contributed by atoms with Crippen LogP contribution in [0, 0.1) is 0 Å². The summed E-state index contributed by atoms with van der Waals surface area (Å²) >= 11 is 0. The fourth-order valence-electron chi connectivity index (χ4n) is 3.03. The van der Waals surface area contributed by atoms with Crippen molar-refractivity contribution in [2.45, 2.75) is 25.4 Å². The molecule has 0 saturated carbocycles. The summed E-state index contributed by atoms with van der Waals surface area (Å²) in [7, 11) is 1.82. The molecule has 0 saturated heterocycles. The van der Waals surface area contributed by atoms with Crippen LogP contribution < -0.4 is 21.7 Å². The van der Waals surface area contributed by atoms with Gasteiger partial charge >= 0.3 is 49.7 Å². The van der Waals surface area contributed by atoms with Gasteiger partial charge in [-0.15, -0.1) is 0 Å². The number of fused-ring (bicyclic) bond motifs is 1. The van der Waals surface area contributed by atoms with E-state index in [1.165, 1.54) is 12.1 Å². The molecule has 7 N–H and O–H groups in total. The molecule has 0 spiro atoms. The number of benzene rings is 1. The van der Waals surface area contributed by atoms with Gasteiger partial charge in [0.2, 0.25) is 5.95 Å². The van der Waals surface area contributed by atoms with E-state index in [2.05, 4.69) is 25.3 Å². The number of amides is 1. The average molecular weight is 497 g/mol. The van der Waals surface area contributed by atoms with Gasteiger partial charge in [0.05, 0.1) is 18.4 Å². The summed E-state index contributed by atoms with van der Waals surface area (Å²) < 4.78 is 0. The van der Waals surface area contributed by atoms with Gasteiger partial charge in [0.1, 0.15) is 6.04 Å². The molecule has 2 aromatic heterocycles. The van der Waals surface area contributed by atoms with E-state index in [0.717, 1.165) is 5.69 Å². The predicted octanol–water partition coefficient (Wildman–Crippen LogP) is -0.648. The molecule has 2 heterocycles. The van der Waals surface area contributed by atoms with Crippen molar-refractivity contribution in [3.8, 4) is 0 Å². The number of anilines is 3. The molecule has 1 aromatic carbocycles. The maximum absolute atomic E-state index is 12.4. The summed E-state index contributed by atoms with van der Waals surface area (Å²) in [6.45, 7) is 0.370. The summed E-state index contributed by atoms with van der Waals surface area (Å²) in [4.78, 5) is 52.7. The van der Waals surface area contributed by atoms with Gasteiger partial charge in [-0.3, -0.25) is 9.59 Å². The van der Waals surface area contributed by atoms with E-state index in [9.17, 15) is 19.5 Å². The molecule has 1 unspecified atom stereocenters. The third-order valence-electron chi connectivity index (χ3n) is 4.72. The second kappa shape index (κ2) is 11.7. The predicted molar refractivity (Wildman–Crippen MR) is 127 cm³/mol. The Kier molecular flexibility index (Phi) is 9.29. The van der Waals surface area contributed by atoms with Crippen LogP contribution in [0.15, 0.2) is 30.5 Å². The molecule has 13 nitrogen and oxygen atoms in total. The van der Waals surface area contributed by atoms with E-state index in [1.807, 2.05) is 11.9 Å². The van der Waals surface area contributed by atoms with Crippen LogP contribution in [0.1, 0.15) is 28.9 Å². The van der Waals surface area contributed by atoms with Gasteiger partial charge in [-0.05, 0) is 30.7 Å². The van der Waals surface area contributed by atoms with Crippen molar-refractivity contribution in [1.82, 2.24) is 25.3 Å². The second-order valence-corrected chi connectivity index (χ2v) is 7.20. The molecular weight excluding hydrogens is 472 g/mol. The number of nitrogens with two attached hydrogens (primary N) is 2. The average Bonchev–Trinajstić information content (AvgIpc) is 2.76. The van der Waals surface area contributed by atoms with Crippen LogP contribution in [-0.4, -0.2) is 98.8 Å². The SMILES string of the molecule is CN(Cc1cnc2nc(N)nc(N)c2n1)c1ccc(C(=O)NC(CCC(=O)O)C(=O)O)cc1.[CaH2]. The molecule has 3 aromatic rings. The second-order valence-electron chi connectivity index (χ2n) is 7.20. The van der Waals surface area contributed by atoms with Gasteiger partial charge in [-0.2, -0.15) is 9.97 Å². The van der Waals surface area contributed by atoms with Gasteiger partial charge in [0, 0.05) is 24.7 Å². The molecule has 34 heavy (non-hydrogen) atoms. The van der Waals surface area contributed by atoms with Gasteiger partial charge < -0.3 is 31.9 Å². The molecule has 14 heteroatoms. The Hall–Kier alpha value is -3.29. The first kappa shape index (κ1) is 27.0. The van der Waals surface area contributed by atoms with E-state index in [0.29, 0.717) is 23.4 Å². The zero-order valence-electron chi connectivity index (χ0n) is 17.6. The first-order chi connectivity index (χ1) is 15.6. The van der Waals surface area contributed by atoms with Crippen LogP contribution in [0.4, 0.5) is 17.5 Å². The van der Waals surface area contributed by atoms with Crippen molar-refractivity contribution in [2.24, 2.45) is 0 Å². The van der Waals surface area contributed by atoms with Crippen LogP contribution in [-0.2, 0) is 16.1 Å². The van der Waals surface area contributed by atoms with Crippen LogP contribution in [0.25, 0.3) is 11.2 Å². The number of carbonyl (C=O) groups is 3. The number of hydrogen-bond donors (Lipinski definition) is 5. The summed E-state index contributed by atoms with van der Waals surface area (Å²) in [6, 6.07) is 5.16. The minimum absolute atomic E-state index is 0. The number of aliphatic carboxylic acids is 2. The molecule has 0 aliphatic carbocycles. The number of carboxylic acid groups (broad SMARTS) is 2. The van der Waals surface area contributed by atoms with Crippen LogP contribution in [0.2, 0.25) is 0 Å². The number of carbonyl (C=O) groups excluding carboxylic acids is 1. The Labute approximate surface area is 223 Å². The number of nitrogens with zero attached hydrogens (tertiary/aromatic N) is 5. The Bertz CT molecular complexity index is 1210. The van der Waals surface area contributed by atoms with Crippen molar-refractivity contribution in [2.75, 3.05) is 23.4 Å². The van der Waals surface area contributed by atoms with Crippen molar-refractivity contribution >= 4 is 84.2 Å². The topological polar surface area (TPSA) is 211 Å². The minimum atomic E-state index is -1.30. The van der Waals surface area contributed by atoms with Crippen LogP contribution >= 0.6 is 0 Å². The molecule has 0 aliphatic rings. The Morgan fingerprint density at radius 3 is 2.38 bits per heavy atom. The Morgan fingerprint density at radius 2 is 1.76 bits per heavy atom. The van der Waals surface area contributed by atoms with Gasteiger partial charge in [0.15, 0.2) is 17.0 Å². The van der Waals surface area contributed by atoms with Gasteiger partial charge in [-0.1, -0.05) is 0 Å². The van der Waals surface area contributed by atoms with E-state index in [-0.39, 0.29) is 67.9 Å². The number of aromatic nitrogens is 4. The zero-order chi connectivity index (χ0) is 24.1. The normalized spacial score (nSPS) is 11.3. The third kappa shape index (κ3) is 6.85. The monoisotopic (exact) mass is 496 g/mol. The molecule has 0 radical (unpaired) electrons. The first-order valence-corrected chi connectivity index (χ1v) is 9.75. The van der Waals surface area contributed by atoms with Gasteiger partial charge in [0.25, 0.3) is 5.91 Å². The Balaban J connectivity index is 0.00000408. The molecular formula is C20H24CaN8O5. The molecule has 1 amide bonds. The fraction of sp³-hybridized carbons (Fsp3) is 0.250. The number of nitrogen functional groups attached to an aromatic ring is 2. The summed E-state index contributed by atoms with van der Waals surface area (Å²) in [6.07, 6.45) is 0.964. The number of hydrogen-bond acceptors (Lipinski definition) is 10.